The van der Waals surface area contributed by atoms with Crippen LogP contribution in [0.25, 0.3) is 0 Å². The molecule has 3 rings (SSSR count). The lowest BCUT2D eigenvalue weighted by atomic mass is 10.2. The summed E-state index contributed by atoms with van der Waals surface area (Å²) in [5.41, 5.74) is 0.295. The molecule has 2 fully saturated rings. The SMILES string of the molecule is C1CCOC1.O=C(N[C@@H](CSCCO)C(=O)N1CCOCC1)c1ccc(F)cc1. The van der Waals surface area contributed by atoms with Gasteiger partial charge >= 0.3 is 0 Å². The van der Waals surface area contributed by atoms with Crippen LogP contribution in [0.15, 0.2) is 24.3 Å². The highest BCUT2D eigenvalue weighted by Crippen LogP contribution is 2.10. The van der Waals surface area contributed by atoms with Crippen molar-refractivity contribution in [3.8, 4) is 0 Å². The van der Waals surface area contributed by atoms with Gasteiger partial charge in [0.05, 0.1) is 19.8 Å². The predicted octanol–water partition coefficient (Wildman–Crippen LogP) is 1.31. The summed E-state index contributed by atoms with van der Waals surface area (Å²) < 4.78 is 23.1. The first-order valence-electron chi connectivity index (χ1n) is 9.81. The van der Waals surface area contributed by atoms with Crippen molar-refractivity contribution in [1.29, 1.82) is 0 Å². The molecular formula is C20H29FN2O5S. The van der Waals surface area contributed by atoms with Crippen LogP contribution in [0.1, 0.15) is 23.2 Å². The number of carbonyl (C=O) groups excluding carboxylic acids is 2. The maximum Gasteiger partial charge on any atom is 0.251 e. The van der Waals surface area contributed by atoms with Crippen LogP contribution in [-0.4, -0.2) is 85.5 Å². The first kappa shape index (κ1) is 23.6. The molecule has 0 spiro atoms. The zero-order chi connectivity index (χ0) is 20.9. The Bertz CT molecular complexity index is 614. The molecule has 0 unspecified atom stereocenters. The second-order valence-corrected chi connectivity index (χ2v) is 7.74. The van der Waals surface area contributed by atoms with Gasteiger partial charge in [0.15, 0.2) is 0 Å². The van der Waals surface area contributed by atoms with E-state index >= 15 is 0 Å². The Kier molecular flexibility index (Phi) is 11.0. The molecule has 9 heteroatoms. The number of benzene rings is 1. The van der Waals surface area contributed by atoms with E-state index in [-0.39, 0.29) is 12.5 Å². The highest BCUT2D eigenvalue weighted by Gasteiger charge is 2.27. The lowest BCUT2D eigenvalue weighted by Crippen LogP contribution is -2.52. The fraction of sp³-hybridized carbons (Fsp3) is 0.600. The molecule has 2 N–H and O–H groups in total. The first-order valence-corrected chi connectivity index (χ1v) is 11.0. The zero-order valence-electron chi connectivity index (χ0n) is 16.5. The lowest BCUT2D eigenvalue weighted by Gasteiger charge is -2.30. The van der Waals surface area contributed by atoms with Crippen molar-refractivity contribution in [2.45, 2.75) is 18.9 Å². The number of aliphatic hydroxyl groups is 1. The van der Waals surface area contributed by atoms with E-state index in [2.05, 4.69) is 5.32 Å². The van der Waals surface area contributed by atoms with Crippen LogP contribution >= 0.6 is 11.8 Å². The van der Waals surface area contributed by atoms with Crippen LogP contribution in [0.3, 0.4) is 0 Å². The second-order valence-electron chi connectivity index (χ2n) is 6.59. The summed E-state index contributed by atoms with van der Waals surface area (Å²) in [7, 11) is 0. The maximum atomic E-state index is 13.0. The molecule has 2 heterocycles. The van der Waals surface area contributed by atoms with Gasteiger partial charge in [-0.15, -0.1) is 0 Å². The summed E-state index contributed by atoms with van der Waals surface area (Å²) in [6, 6.07) is 4.46. The van der Waals surface area contributed by atoms with Crippen LogP contribution in [0.4, 0.5) is 4.39 Å². The van der Waals surface area contributed by atoms with E-state index in [9.17, 15) is 14.0 Å². The minimum absolute atomic E-state index is 0.00897. The summed E-state index contributed by atoms with van der Waals surface area (Å²) in [5, 5.41) is 11.6. The molecular weight excluding hydrogens is 399 g/mol. The average Bonchev–Trinajstić information content (AvgIpc) is 3.34. The number of morpholine rings is 1. The monoisotopic (exact) mass is 428 g/mol. The van der Waals surface area contributed by atoms with Crippen LogP contribution < -0.4 is 5.32 Å². The summed E-state index contributed by atoms with van der Waals surface area (Å²) in [6.07, 6.45) is 2.56. The van der Waals surface area contributed by atoms with E-state index in [1.165, 1.54) is 48.9 Å². The Morgan fingerprint density at radius 3 is 2.28 bits per heavy atom. The molecule has 29 heavy (non-hydrogen) atoms. The topological polar surface area (TPSA) is 88.1 Å². The molecule has 0 bridgehead atoms. The van der Waals surface area contributed by atoms with Gasteiger partial charge in [-0.1, -0.05) is 0 Å². The number of nitrogens with one attached hydrogen (secondary N) is 1. The largest absolute Gasteiger partial charge is 0.396 e. The molecule has 162 valence electrons. The predicted molar refractivity (Wildman–Crippen MR) is 110 cm³/mol. The van der Waals surface area contributed by atoms with Crippen molar-refractivity contribution in [2.75, 3.05) is 57.6 Å². The van der Waals surface area contributed by atoms with Gasteiger partial charge in [-0.05, 0) is 37.1 Å². The maximum absolute atomic E-state index is 13.0. The number of aliphatic hydroxyl groups excluding tert-OH is 1. The molecule has 1 atom stereocenters. The van der Waals surface area contributed by atoms with Gasteiger partial charge in [0.2, 0.25) is 5.91 Å². The van der Waals surface area contributed by atoms with Gasteiger partial charge < -0.3 is 24.8 Å². The van der Waals surface area contributed by atoms with Crippen LogP contribution in [0.5, 0.6) is 0 Å². The number of amides is 2. The number of thioether (sulfide) groups is 1. The number of hydrogen-bond acceptors (Lipinski definition) is 6. The van der Waals surface area contributed by atoms with Gasteiger partial charge in [0.1, 0.15) is 11.9 Å². The zero-order valence-corrected chi connectivity index (χ0v) is 17.3. The number of halogens is 1. The van der Waals surface area contributed by atoms with Gasteiger partial charge in [-0.2, -0.15) is 11.8 Å². The van der Waals surface area contributed by atoms with Crippen molar-refractivity contribution in [3.63, 3.8) is 0 Å². The third-order valence-electron chi connectivity index (χ3n) is 4.38. The molecule has 2 saturated heterocycles. The Labute approximate surface area is 174 Å². The van der Waals surface area contributed by atoms with E-state index in [1.54, 1.807) is 4.90 Å². The fourth-order valence-corrected chi connectivity index (χ4v) is 3.56. The minimum atomic E-state index is -0.697. The van der Waals surface area contributed by atoms with Gasteiger partial charge in [-0.3, -0.25) is 9.59 Å². The van der Waals surface area contributed by atoms with Crippen molar-refractivity contribution >= 4 is 23.6 Å². The van der Waals surface area contributed by atoms with Crippen molar-refractivity contribution in [2.24, 2.45) is 0 Å². The minimum Gasteiger partial charge on any atom is -0.396 e. The second kappa shape index (κ2) is 13.5. The molecule has 0 saturated carbocycles. The van der Waals surface area contributed by atoms with E-state index < -0.39 is 17.8 Å². The van der Waals surface area contributed by atoms with Crippen molar-refractivity contribution < 1.29 is 28.6 Å². The average molecular weight is 429 g/mol. The Balaban J connectivity index is 0.000000521. The van der Waals surface area contributed by atoms with Crippen molar-refractivity contribution in [3.05, 3.63) is 35.6 Å². The van der Waals surface area contributed by atoms with Crippen LogP contribution in [0, 0.1) is 5.82 Å². The standard InChI is InChI=1S/C16H21FN2O4S.C4H8O/c17-13-3-1-12(2-4-13)15(21)18-14(11-24-10-7-20)16(22)19-5-8-23-9-6-19;1-2-4-5-3-1/h1-4,14,20H,5-11H2,(H,18,21);1-4H2/t14-;/m0./s1. The van der Waals surface area contributed by atoms with Gasteiger partial charge in [-0.25, -0.2) is 4.39 Å². The number of ether oxygens (including phenoxy) is 2. The van der Waals surface area contributed by atoms with E-state index in [0.29, 0.717) is 43.4 Å². The normalized spacial score (nSPS) is 17.2. The highest BCUT2D eigenvalue weighted by atomic mass is 32.2. The summed E-state index contributed by atoms with van der Waals surface area (Å²) >= 11 is 1.39. The summed E-state index contributed by atoms with van der Waals surface area (Å²) in [4.78, 5) is 26.6. The molecule has 0 radical (unpaired) electrons. The van der Waals surface area contributed by atoms with Gasteiger partial charge in [0, 0.05) is 43.4 Å². The number of rotatable bonds is 7. The lowest BCUT2D eigenvalue weighted by molar-refractivity contribution is -0.136. The molecule has 7 nitrogen and oxygen atoms in total. The smallest absolute Gasteiger partial charge is 0.251 e. The number of hydrogen-bond donors (Lipinski definition) is 2. The molecule has 0 aromatic heterocycles. The molecule has 2 aliphatic heterocycles. The molecule has 0 aliphatic carbocycles. The third-order valence-corrected chi connectivity index (χ3v) is 5.42. The fourth-order valence-electron chi connectivity index (χ4n) is 2.80. The quantitative estimate of drug-likeness (QED) is 0.637. The van der Waals surface area contributed by atoms with Crippen molar-refractivity contribution in [1.82, 2.24) is 10.2 Å². The van der Waals surface area contributed by atoms with Gasteiger partial charge in [0.25, 0.3) is 5.91 Å². The Morgan fingerprint density at radius 2 is 1.72 bits per heavy atom. The molecule has 2 amide bonds. The van der Waals surface area contributed by atoms with E-state index in [4.69, 9.17) is 14.6 Å². The number of nitrogens with zero attached hydrogens (tertiary/aromatic N) is 1. The third kappa shape index (κ3) is 8.69. The van der Waals surface area contributed by atoms with E-state index in [0.717, 1.165) is 13.2 Å². The molecule has 2 aliphatic rings. The van der Waals surface area contributed by atoms with E-state index in [1.807, 2.05) is 0 Å². The summed E-state index contributed by atoms with van der Waals surface area (Å²) in [5.74, 6) is -0.167. The number of carbonyl (C=O) groups is 2. The van der Waals surface area contributed by atoms with Crippen LogP contribution in [-0.2, 0) is 14.3 Å². The molecule has 1 aromatic rings. The summed E-state index contributed by atoms with van der Waals surface area (Å²) in [6.45, 7) is 3.95. The first-order chi connectivity index (χ1) is 14.1. The molecule has 1 aromatic carbocycles. The van der Waals surface area contributed by atoms with Crippen LogP contribution in [0.2, 0.25) is 0 Å². The highest BCUT2D eigenvalue weighted by molar-refractivity contribution is 7.99. The Hall–Kier alpha value is -1.68. The Morgan fingerprint density at radius 1 is 1.10 bits per heavy atom.